The number of hydrogen-bond acceptors (Lipinski definition) is 8. The maximum Gasteiger partial charge on any atom is 0.303 e. The van der Waals surface area contributed by atoms with Crippen molar-refractivity contribution in [3.63, 3.8) is 0 Å². The lowest BCUT2D eigenvalue weighted by atomic mass is 9.95. The molecule has 2 aliphatic carbocycles. The van der Waals surface area contributed by atoms with Crippen molar-refractivity contribution < 1.29 is 28.7 Å². The number of amides is 2. The number of carbonyl (C=O) groups excluding carboxylic acids is 4. The lowest BCUT2D eigenvalue weighted by molar-refractivity contribution is -0.171. The predicted octanol–water partition coefficient (Wildman–Crippen LogP) is 1.85. The van der Waals surface area contributed by atoms with E-state index in [4.69, 9.17) is 9.47 Å². The zero-order valence-electron chi connectivity index (χ0n) is 17.3. The highest BCUT2D eigenvalue weighted by atomic mass is 33.1. The molecule has 0 saturated carbocycles. The van der Waals surface area contributed by atoms with Gasteiger partial charge in [-0.3, -0.25) is 19.2 Å². The third kappa shape index (κ3) is 2.37. The highest BCUT2D eigenvalue weighted by Gasteiger charge is 2.77. The van der Waals surface area contributed by atoms with Gasteiger partial charge in [0.1, 0.15) is 12.2 Å². The predicted molar refractivity (Wildman–Crippen MR) is 117 cm³/mol. The van der Waals surface area contributed by atoms with Crippen molar-refractivity contribution in [2.24, 2.45) is 0 Å². The van der Waals surface area contributed by atoms with Gasteiger partial charge in [-0.15, -0.1) is 0 Å². The van der Waals surface area contributed by atoms with Crippen molar-refractivity contribution >= 4 is 45.3 Å². The number of esters is 2. The molecule has 5 fully saturated rings. The Labute approximate surface area is 192 Å². The normalized spacial score (nSPS) is 40.3. The lowest BCUT2D eigenvalue weighted by Crippen LogP contribution is -2.77. The van der Waals surface area contributed by atoms with E-state index in [9.17, 15) is 19.2 Å². The number of hydrogen-bond donors (Lipinski definition) is 0. The van der Waals surface area contributed by atoms with Gasteiger partial charge in [-0.05, 0) is 23.3 Å². The Bertz CT molecular complexity index is 1030. The minimum atomic E-state index is -1.11. The molecule has 0 N–H and O–H groups in total. The second kappa shape index (κ2) is 6.54. The van der Waals surface area contributed by atoms with Crippen LogP contribution in [0.1, 0.15) is 26.7 Å². The van der Waals surface area contributed by atoms with Crippen LogP contribution in [-0.2, 0) is 28.7 Å². The van der Waals surface area contributed by atoms with Gasteiger partial charge in [-0.2, -0.15) is 0 Å². The van der Waals surface area contributed by atoms with Gasteiger partial charge in [0.05, 0.1) is 12.1 Å². The lowest BCUT2D eigenvalue weighted by Gasteiger charge is -2.58. The maximum atomic E-state index is 14.1. The Kier molecular flexibility index (Phi) is 4.12. The van der Waals surface area contributed by atoms with E-state index in [1.807, 2.05) is 24.3 Å². The Morgan fingerprint density at radius 1 is 0.844 bits per heavy atom. The van der Waals surface area contributed by atoms with Gasteiger partial charge >= 0.3 is 11.9 Å². The smallest absolute Gasteiger partial charge is 0.303 e. The summed E-state index contributed by atoms with van der Waals surface area (Å²) in [6, 6.07) is -0.987. The van der Waals surface area contributed by atoms with E-state index in [1.54, 1.807) is 22.0 Å². The van der Waals surface area contributed by atoms with Crippen LogP contribution >= 0.6 is 21.6 Å². The number of ether oxygens (including phenoxy) is 2. The van der Waals surface area contributed by atoms with E-state index in [1.165, 1.54) is 35.4 Å². The van der Waals surface area contributed by atoms with E-state index in [0.717, 1.165) is 11.1 Å². The number of piperazine rings is 1. The van der Waals surface area contributed by atoms with E-state index in [2.05, 4.69) is 0 Å². The monoisotopic (exact) mass is 472 g/mol. The topological polar surface area (TPSA) is 93.2 Å². The summed E-state index contributed by atoms with van der Waals surface area (Å²) in [5.41, 5.74) is 1.81. The maximum absolute atomic E-state index is 14.1. The fourth-order valence-electron chi connectivity index (χ4n) is 5.79. The third-order valence-corrected chi connectivity index (χ3v) is 10.4. The molecular weight excluding hydrogens is 452 g/mol. The quantitative estimate of drug-likeness (QED) is 0.444. The second-order valence-corrected chi connectivity index (χ2v) is 11.4. The summed E-state index contributed by atoms with van der Waals surface area (Å²) in [5, 5.41) is 0. The number of allylic oxidation sites excluding steroid dienone is 4. The molecule has 2 spiro atoms. The van der Waals surface area contributed by atoms with Crippen LogP contribution in [0.3, 0.4) is 0 Å². The molecule has 8 nitrogen and oxygen atoms in total. The van der Waals surface area contributed by atoms with Gasteiger partial charge in [0.25, 0.3) is 11.8 Å². The molecule has 0 aromatic rings. The Hall–Kier alpha value is -2.46. The van der Waals surface area contributed by atoms with Gasteiger partial charge in [-0.1, -0.05) is 45.9 Å². The first-order valence-electron chi connectivity index (χ1n) is 10.4. The van der Waals surface area contributed by atoms with Crippen LogP contribution in [-0.4, -0.2) is 67.6 Å². The van der Waals surface area contributed by atoms with Crippen molar-refractivity contribution in [2.45, 2.75) is 60.7 Å². The van der Waals surface area contributed by atoms with Crippen LogP contribution in [0.25, 0.3) is 0 Å². The molecule has 166 valence electrons. The first-order chi connectivity index (χ1) is 15.3. The fourth-order valence-corrected chi connectivity index (χ4v) is 9.50. The van der Waals surface area contributed by atoms with Crippen molar-refractivity contribution in [2.75, 3.05) is 0 Å². The first-order valence-corrected chi connectivity index (χ1v) is 12.6. The van der Waals surface area contributed by atoms with Crippen molar-refractivity contribution in [1.82, 2.24) is 9.80 Å². The summed E-state index contributed by atoms with van der Waals surface area (Å²) in [6.45, 7) is 2.68. The van der Waals surface area contributed by atoms with Crippen LogP contribution in [0.15, 0.2) is 47.6 Å². The SMILES string of the molecule is CC(=O)OC1C=CC=C2CC34SSC5(CC6=CC=CC(OC(C)=O)C6N5C3=O)C(=O)N4C21. The number of fused-ring (bicyclic) bond motifs is 3. The molecule has 6 unspecified atom stereocenters. The van der Waals surface area contributed by atoms with E-state index < -0.39 is 46.0 Å². The van der Waals surface area contributed by atoms with E-state index >= 15 is 0 Å². The van der Waals surface area contributed by atoms with Crippen LogP contribution in [0.5, 0.6) is 0 Å². The largest absolute Gasteiger partial charge is 0.456 e. The van der Waals surface area contributed by atoms with Crippen LogP contribution < -0.4 is 0 Å². The Morgan fingerprint density at radius 2 is 1.25 bits per heavy atom. The zero-order valence-corrected chi connectivity index (χ0v) is 19.0. The standard InChI is InChI=1S/C22H20N2O6S2/c1-11(25)29-15-7-3-5-13-9-21-20(28)24-18-14(6-4-8-16(18)30-12(2)26)10-22(24,32-31-21)19(27)23(21)17(13)15/h3-8,15-18H,9-10H2,1-2H3. The first kappa shape index (κ1) is 20.2. The molecule has 0 aromatic heterocycles. The molecular formula is C22H20N2O6S2. The van der Waals surface area contributed by atoms with Gasteiger partial charge in [-0.25, -0.2) is 0 Å². The molecule has 5 saturated heterocycles. The third-order valence-electron chi connectivity index (χ3n) is 6.85. The molecule has 7 rings (SSSR count). The summed E-state index contributed by atoms with van der Waals surface area (Å²) in [5.74, 6) is -1.17. The average Bonchev–Trinajstić information content (AvgIpc) is 3.26. The van der Waals surface area contributed by atoms with E-state index in [0.29, 0.717) is 12.8 Å². The molecule has 5 heterocycles. The van der Waals surface area contributed by atoms with Gasteiger partial charge in [0.15, 0.2) is 9.74 Å². The second-order valence-electron chi connectivity index (χ2n) is 8.73. The van der Waals surface area contributed by atoms with Crippen molar-refractivity contribution in [3.05, 3.63) is 47.6 Å². The van der Waals surface area contributed by atoms with Crippen LogP contribution in [0, 0.1) is 0 Å². The molecule has 6 atom stereocenters. The minimum Gasteiger partial charge on any atom is -0.456 e. The highest BCUT2D eigenvalue weighted by molar-refractivity contribution is 8.78. The summed E-state index contributed by atoms with van der Waals surface area (Å²) in [7, 11) is 2.85. The molecule has 0 aromatic carbocycles. The Balaban J connectivity index is 1.45. The Morgan fingerprint density at radius 3 is 1.62 bits per heavy atom. The molecule has 7 aliphatic rings. The van der Waals surface area contributed by atoms with Gasteiger partial charge in [0, 0.05) is 26.7 Å². The van der Waals surface area contributed by atoms with Crippen LogP contribution in [0.4, 0.5) is 0 Å². The zero-order chi connectivity index (χ0) is 22.4. The molecule has 5 aliphatic heterocycles. The molecule has 0 radical (unpaired) electrons. The molecule has 32 heavy (non-hydrogen) atoms. The van der Waals surface area contributed by atoms with Crippen molar-refractivity contribution in [1.29, 1.82) is 0 Å². The minimum absolute atomic E-state index is 0.154. The number of rotatable bonds is 2. The van der Waals surface area contributed by atoms with Gasteiger partial charge in [0.2, 0.25) is 0 Å². The summed E-state index contributed by atoms with van der Waals surface area (Å²) < 4.78 is 11.1. The van der Waals surface area contributed by atoms with Crippen molar-refractivity contribution in [3.8, 4) is 0 Å². The van der Waals surface area contributed by atoms with Gasteiger partial charge < -0.3 is 19.3 Å². The highest BCUT2D eigenvalue weighted by Crippen LogP contribution is 2.69. The van der Waals surface area contributed by atoms with Crippen LogP contribution in [0.2, 0.25) is 0 Å². The summed E-state index contributed by atoms with van der Waals surface area (Å²) in [6.07, 6.45) is 10.5. The van der Waals surface area contributed by atoms with E-state index in [-0.39, 0.29) is 11.8 Å². The molecule has 2 bridgehead atoms. The summed E-state index contributed by atoms with van der Waals surface area (Å²) in [4.78, 5) is 52.8. The molecule has 10 heteroatoms. The fraction of sp³-hybridized carbons (Fsp3) is 0.455. The molecule has 2 amide bonds. The number of nitrogens with zero attached hydrogens (tertiary/aromatic N) is 2. The summed E-state index contributed by atoms with van der Waals surface area (Å²) >= 11 is 0. The number of carbonyl (C=O) groups is 4. The average molecular weight is 473 g/mol.